The van der Waals surface area contributed by atoms with Gasteiger partial charge in [0, 0.05) is 26.2 Å². The first kappa shape index (κ1) is 62.8. The van der Waals surface area contributed by atoms with Gasteiger partial charge in [-0.05, 0) is 70.6 Å². The lowest BCUT2D eigenvalue weighted by Gasteiger charge is -2.34. The Morgan fingerprint density at radius 3 is 1.84 bits per heavy atom. The molecule has 4 heterocycles. The predicted octanol–water partition coefficient (Wildman–Crippen LogP) is -6.41. The number of amides is 8. The number of nitrogens with one attached hydrogen (secondary N) is 5. The van der Waals surface area contributed by atoms with Gasteiger partial charge in [-0.2, -0.15) is 0 Å². The van der Waals surface area contributed by atoms with Crippen molar-refractivity contribution in [1.29, 1.82) is 0 Å². The van der Waals surface area contributed by atoms with Crippen molar-refractivity contribution in [2.24, 2.45) is 22.4 Å². The zero-order chi connectivity index (χ0) is 57.4. The van der Waals surface area contributed by atoms with E-state index < -0.39 is 164 Å². The fraction of sp³-hybridized carbons (Fsp3) is 0.745. The SMILES string of the molecule is CC(C)CCCCCC1CC(=O)N[C@@H](C(C)O)C(=O)N2CCC[C@H]2C(=O)N2CCC[C@H]2C(=O)N[C@@H](CCCN=C(N)N)C(=O)N[C@@H](C(O)C(=O)O)C(=O)N[C@@H](CO)C(=O)N2CC[C@@H](O)[C@H]2C(=O)N[C@@H](C(O)C(=O)O)C(=O)O1. The second-order valence-corrected chi connectivity index (χ2v) is 20.1. The minimum atomic E-state index is -2.76. The number of guanidine groups is 1. The van der Waals surface area contributed by atoms with Gasteiger partial charge >= 0.3 is 17.9 Å². The summed E-state index contributed by atoms with van der Waals surface area (Å²) in [5, 5.41) is 84.4. The molecule has 30 nitrogen and oxygen atoms in total. The Labute approximate surface area is 443 Å². The summed E-state index contributed by atoms with van der Waals surface area (Å²) in [6, 6.07) is -14.9. The molecule has 0 radical (unpaired) electrons. The largest absolute Gasteiger partial charge is 0.479 e. The number of carbonyl (C=O) groups excluding carboxylic acids is 9. The Morgan fingerprint density at radius 1 is 0.649 bits per heavy atom. The van der Waals surface area contributed by atoms with Gasteiger partial charge in [-0.1, -0.05) is 33.1 Å². The van der Waals surface area contributed by atoms with Crippen LogP contribution in [0.25, 0.3) is 0 Å². The molecule has 0 aliphatic carbocycles. The number of carbonyl (C=O) groups is 11. The van der Waals surface area contributed by atoms with Gasteiger partial charge in [0.15, 0.2) is 24.2 Å². The van der Waals surface area contributed by atoms with Crippen molar-refractivity contribution in [3.63, 3.8) is 0 Å². The number of rotatable bonds is 16. The first-order valence-electron chi connectivity index (χ1n) is 25.8. The van der Waals surface area contributed by atoms with Gasteiger partial charge in [-0.3, -0.25) is 43.3 Å². The number of carboxylic acid groups (broad SMARTS) is 2. The van der Waals surface area contributed by atoms with E-state index in [0.29, 0.717) is 23.7 Å². The number of aliphatic hydroxyl groups is 5. The number of cyclic esters (lactones) is 1. The van der Waals surface area contributed by atoms with Crippen LogP contribution in [0.1, 0.15) is 104 Å². The molecule has 16 N–H and O–H groups in total. The summed E-state index contributed by atoms with van der Waals surface area (Å²) < 4.78 is 5.61. The molecular formula is C47H75N11O19. The maximum Gasteiger partial charge on any atom is 0.335 e. The summed E-state index contributed by atoms with van der Waals surface area (Å²) in [5.74, 6) is -14.8. The quantitative estimate of drug-likeness (QED) is 0.0296. The topological polar surface area (TPSA) is 473 Å². The number of aliphatic imine (C=N–C) groups is 1. The highest BCUT2D eigenvalue weighted by Crippen LogP contribution is 2.27. The molecule has 432 valence electrons. The van der Waals surface area contributed by atoms with E-state index >= 15 is 0 Å². The van der Waals surface area contributed by atoms with Gasteiger partial charge < -0.3 is 93.2 Å². The van der Waals surface area contributed by atoms with Gasteiger partial charge in [0.1, 0.15) is 48.4 Å². The molecule has 0 spiro atoms. The minimum Gasteiger partial charge on any atom is -0.479 e. The van der Waals surface area contributed by atoms with E-state index in [1.54, 1.807) is 0 Å². The lowest BCUT2D eigenvalue weighted by atomic mass is 10.0. The van der Waals surface area contributed by atoms with Crippen molar-refractivity contribution < 1.29 is 93.2 Å². The number of aliphatic carboxylic acids is 2. The second kappa shape index (κ2) is 29.1. The van der Waals surface area contributed by atoms with Crippen molar-refractivity contribution in [1.82, 2.24) is 41.3 Å². The first-order chi connectivity index (χ1) is 36.3. The van der Waals surface area contributed by atoms with Crippen LogP contribution in [0, 0.1) is 5.92 Å². The molecule has 0 aromatic heterocycles. The Kier molecular flexibility index (Phi) is 23.7. The number of ether oxygens (including phenoxy) is 1. The molecule has 4 saturated heterocycles. The van der Waals surface area contributed by atoms with Crippen LogP contribution >= 0.6 is 0 Å². The molecule has 4 unspecified atom stereocenters. The number of nitrogens with zero attached hydrogens (tertiary/aromatic N) is 4. The number of unbranched alkanes of at least 4 members (excludes halogenated alkanes) is 2. The molecular weight excluding hydrogens is 1020 g/mol. The molecule has 0 aromatic carbocycles. The third kappa shape index (κ3) is 17.1. The third-order valence-electron chi connectivity index (χ3n) is 13.8. The molecule has 4 aliphatic rings. The minimum absolute atomic E-state index is 0.00785. The summed E-state index contributed by atoms with van der Waals surface area (Å²) in [5.41, 5.74) is 10.9. The highest BCUT2D eigenvalue weighted by atomic mass is 16.5. The van der Waals surface area contributed by atoms with Crippen molar-refractivity contribution in [3.8, 4) is 0 Å². The fourth-order valence-corrected chi connectivity index (χ4v) is 9.69. The summed E-state index contributed by atoms with van der Waals surface area (Å²) in [4.78, 5) is 158. The molecule has 4 fully saturated rings. The van der Waals surface area contributed by atoms with Crippen molar-refractivity contribution >= 4 is 71.1 Å². The van der Waals surface area contributed by atoms with E-state index in [2.05, 4.69) is 15.6 Å². The van der Waals surface area contributed by atoms with Gasteiger partial charge in [0.05, 0.1) is 25.2 Å². The number of hydrogen-bond donors (Lipinski definition) is 14. The normalized spacial score (nSPS) is 29.1. The van der Waals surface area contributed by atoms with Crippen molar-refractivity contribution in [2.45, 2.75) is 183 Å². The summed E-state index contributed by atoms with van der Waals surface area (Å²) >= 11 is 0. The molecule has 77 heavy (non-hydrogen) atoms. The number of hydrogen-bond acceptors (Lipinski definition) is 18. The van der Waals surface area contributed by atoms with E-state index in [0.717, 1.165) is 17.7 Å². The van der Waals surface area contributed by atoms with E-state index in [4.69, 9.17) is 16.2 Å². The van der Waals surface area contributed by atoms with Gasteiger partial charge in [-0.15, -0.1) is 0 Å². The second-order valence-electron chi connectivity index (χ2n) is 20.1. The molecule has 4 rings (SSSR count). The molecule has 4 aliphatic heterocycles. The Morgan fingerprint density at radius 2 is 1.25 bits per heavy atom. The van der Waals surface area contributed by atoms with Crippen molar-refractivity contribution in [3.05, 3.63) is 0 Å². The van der Waals surface area contributed by atoms with Crippen LogP contribution in [-0.2, 0) is 57.5 Å². The van der Waals surface area contributed by atoms with Crippen molar-refractivity contribution in [2.75, 3.05) is 32.8 Å². The van der Waals surface area contributed by atoms with Gasteiger partial charge in [0.2, 0.25) is 47.3 Å². The number of fused-ring (bicyclic) bond motifs is 3. The first-order valence-corrected chi connectivity index (χ1v) is 25.8. The van der Waals surface area contributed by atoms with Gasteiger partial charge in [-0.25, -0.2) is 14.4 Å². The highest BCUT2D eigenvalue weighted by Gasteiger charge is 2.48. The summed E-state index contributed by atoms with van der Waals surface area (Å²) in [6.07, 6.45) is -8.60. The Hall–Kier alpha value is -6.76. The molecule has 30 heteroatoms. The summed E-state index contributed by atoms with van der Waals surface area (Å²) in [7, 11) is 0. The van der Waals surface area contributed by atoms with Crippen LogP contribution in [0.4, 0.5) is 0 Å². The summed E-state index contributed by atoms with van der Waals surface area (Å²) in [6.45, 7) is 3.31. The monoisotopic (exact) mass is 1100 g/mol. The molecule has 13 atom stereocenters. The zero-order valence-electron chi connectivity index (χ0n) is 43.3. The molecule has 0 saturated carbocycles. The van der Waals surface area contributed by atoms with E-state index in [1.165, 1.54) is 11.8 Å². The van der Waals surface area contributed by atoms with Crippen LogP contribution in [0.3, 0.4) is 0 Å². The highest BCUT2D eigenvalue weighted by molar-refractivity contribution is 6.00. The van der Waals surface area contributed by atoms with Crippen LogP contribution in [0.2, 0.25) is 0 Å². The van der Waals surface area contributed by atoms with Gasteiger partial charge in [0.25, 0.3) is 0 Å². The molecule has 0 aromatic rings. The predicted molar refractivity (Wildman–Crippen MR) is 264 cm³/mol. The maximum atomic E-state index is 14.4. The maximum absolute atomic E-state index is 14.4. The average molecular weight is 1100 g/mol. The Balaban J connectivity index is 1.81. The average Bonchev–Trinajstić information content (AvgIpc) is 4.15. The fourth-order valence-electron chi connectivity index (χ4n) is 9.69. The van der Waals surface area contributed by atoms with Crippen LogP contribution < -0.4 is 38.1 Å². The number of esters is 1. The van der Waals surface area contributed by atoms with Crippen LogP contribution in [0.5, 0.6) is 0 Å². The van der Waals surface area contributed by atoms with Crippen LogP contribution in [0.15, 0.2) is 4.99 Å². The number of nitrogens with two attached hydrogens (primary N) is 2. The smallest absolute Gasteiger partial charge is 0.335 e. The standard InChI is InChI=1S/C47H75N11O19/c1-22(2)10-5-4-6-11-24-20-30(62)53-31(23(3)60)43(71)57-18-9-14-28(57)42(70)56-17-8-13-27(56)38(66)51-25(12-7-16-50-47(48)49)37(65)54-32(35(63)44(72)73)39(67)52-26(21-59)41(69)58-19-15-29(61)34(58)40(68)55-33(46(76)77-24)36(64)45(74)75/h22-29,31-36,59-61,63-64H,4-21H2,1-3H3,(H,51,66)(H,52,67)(H,53,62)(H,54,65)(H,55,68)(H,72,73)(H,74,75)(H4,48,49,50)/t23?,24?,25-,26-,27-,28-,29+,31-,32-,33-,34-,35?,36?/m0/s1. The molecule has 0 bridgehead atoms. The lowest BCUT2D eigenvalue weighted by Crippen LogP contribution is -2.64. The number of aliphatic hydroxyl groups excluding tert-OH is 5. The Bertz CT molecular complexity index is 2200. The van der Waals surface area contributed by atoms with E-state index in [-0.39, 0.29) is 77.0 Å². The zero-order valence-corrected chi connectivity index (χ0v) is 43.3. The number of carboxylic acids is 2. The van der Waals surface area contributed by atoms with E-state index in [9.17, 15) is 88.5 Å². The lowest BCUT2D eigenvalue weighted by molar-refractivity contribution is -0.165. The van der Waals surface area contributed by atoms with Crippen LogP contribution in [-0.4, -0.2) is 233 Å². The third-order valence-corrected chi connectivity index (χ3v) is 13.8. The van der Waals surface area contributed by atoms with E-state index in [1.807, 2.05) is 29.8 Å². The molecule has 8 amide bonds.